The maximum absolute atomic E-state index is 8.00. The molecule has 0 saturated carbocycles. The SMILES string of the molecule is C=O.CCOCc1ccc(Oc2ccccn2)cc1. The van der Waals surface area contributed by atoms with Crippen molar-refractivity contribution >= 4 is 6.79 Å². The Hall–Kier alpha value is -2.20. The quantitative estimate of drug-likeness (QED) is 0.827. The summed E-state index contributed by atoms with van der Waals surface area (Å²) in [7, 11) is 0. The fraction of sp³-hybridized carbons (Fsp3) is 0.200. The van der Waals surface area contributed by atoms with Crippen molar-refractivity contribution in [2.75, 3.05) is 6.61 Å². The Labute approximate surface area is 113 Å². The normalized spacial score (nSPS) is 9.32. The lowest BCUT2D eigenvalue weighted by Gasteiger charge is -2.05. The second kappa shape index (κ2) is 8.83. The molecule has 4 heteroatoms. The smallest absolute Gasteiger partial charge is 0.219 e. The van der Waals surface area contributed by atoms with Crippen LogP contribution in [0.2, 0.25) is 0 Å². The van der Waals surface area contributed by atoms with Gasteiger partial charge in [0.15, 0.2) is 0 Å². The summed E-state index contributed by atoms with van der Waals surface area (Å²) in [5.74, 6) is 1.38. The minimum Gasteiger partial charge on any atom is -0.439 e. The number of hydrogen-bond acceptors (Lipinski definition) is 4. The number of carbonyl (C=O) groups is 1. The van der Waals surface area contributed by atoms with Gasteiger partial charge < -0.3 is 14.3 Å². The highest BCUT2D eigenvalue weighted by atomic mass is 16.5. The van der Waals surface area contributed by atoms with Crippen molar-refractivity contribution in [1.82, 2.24) is 4.98 Å². The van der Waals surface area contributed by atoms with Gasteiger partial charge in [0.25, 0.3) is 0 Å². The first-order valence-electron chi connectivity index (χ1n) is 5.93. The molecule has 0 saturated heterocycles. The summed E-state index contributed by atoms with van der Waals surface area (Å²) in [5, 5.41) is 0. The Morgan fingerprint density at radius 1 is 1.11 bits per heavy atom. The van der Waals surface area contributed by atoms with Crippen molar-refractivity contribution in [3.8, 4) is 11.6 Å². The molecular weight excluding hydrogens is 242 g/mol. The van der Waals surface area contributed by atoms with Gasteiger partial charge in [-0.3, -0.25) is 0 Å². The second-order valence-electron chi connectivity index (χ2n) is 3.55. The van der Waals surface area contributed by atoms with Crippen molar-refractivity contribution in [1.29, 1.82) is 0 Å². The third kappa shape index (κ3) is 5.31. The third-order valence-corrected chi connectivity index (χ3v) is 2.26. The summed E-state index contributed by atoms with van der Waals surface area (Å²) in [6, 6.07) is 13.4. The molecule has 1 aromatic heterocycles. The summed E-state index contributed by atoms with van der Waals surface area (Å²) in [6.07, 6.45) is 1.71. The summed E-state index contributed by atoms with van der Waals surface area (Å²) in [6.45, 7) is 5.35. The van der Waals surface area contributed by atoms with Crippen LogP contribution in [-0.4, -0.2) is 18.4 Å². The van der Waals surface area contributed by atoms with E-state index in [4.69, 9.17) is 14.3 Å². The zero-order valence-electron chi connectivity index (χ0n) is 10.9. The molecule has 0 amide bonds. The molecule has 0 aliphatic rings. The average Bonchev–Trinajstić information content (AvgIpc) is 2.50. The Kier molecular flexibility index (Phi) is 6.90. The molecular formula is C15H17NO3. The highest BCUT2D eigenvalue weighted by molar-refractivity contribution is 5.30. The molecule has 0 spiro atoms. The molecule has 0 radical (unpaired) electrons. The molecule has 0 aliphatic carbocycles. The lowest BCUT2D eigenvalue weighted by atomic mass is 10.2. The minimum absolute atomic E-state index is 0.602. The number of hydrogen-bond donors (Lipinski definition) is 0. The lowest BCUT2D eigenvalue weighted by molar-refractivity contribution is -0.0979. The van der Waals surface area contributed by atoms with Gasteiger partial charge >= 0.3 is 0 Å². The second-order valence-corrected chi connectivity index (χ2v) is 3.55. The predicted molar refractivity (Wildman–Crippen MR) is 73.2 cm³/mol. The molecule has 1 aromatic carbocycles. The Balaban J connectivity index is 0.000000861. The van der Waals surface area contributed by atoms with Gasteiger partial charge in [0.05, 0.1) is 6.61 Å². The van der Waals surface area contributed by atoms with Crippen LogP contribution in [0.5, 0.6) is 11.6 Å². The van der Waals surface area contributed by atoms with Crippen LogP contribution in [-0.2, 0) is 16.1 Å². The van der Waals surface area contributed by atoms with Gasteiger partial charge in [-0.2, -0.15) is 0 Å². The van der Waals surface area contributed by atoms with Crippen LogP contribution in [0, 0.1) is 0 Å². The zero-order chi connectivity index (χ0) is 13.9. The molecule has 0 atom stereocenters. The maximum Gasteiger partial charge on any atom is 0.219 e. The van der Waals surface area contributed by atoms with Gasteiger partial charge in [-0.25, -0.2) is 4.98 Å². The van der Waals surface area contributed by atoms with Crippen molar-refractivity contribution in [2.45, 2.75) is 13.5 Å². The fourth-order valence-corrected chi connectivity index (χ4v) is 1.40. The van der Waals surface area contributed by atoms with Crippen molar-refractivity contribution in [2.24, 2.45) is 0 Å². The van der Waals surface area contributed by atoms with Crippen LogP contribution in [0.3, 0.4) is 0 Å². The molecule has 4 nitrogen and oxygen atoms in total. The first kappa shape index (κ1) is 14.9. The molecule has 0 N–H and O–H groups in total. The molecule has 0 unspecified atom stereocenters. The van der Waals surface area contributed by atoms with Gasteiger partial charge in [0.2, 0.25) is 5.88 Å². The molecule has 19 heavy (non-hydrogen) atoms. The largest absolute Gasteiger partial charge is 0.439 e. The van der Waals surface area contributed by atoms with Crippen molar-refractivity contribution < 1.29 is 14.3 Å². The first-order chi connectivity index (χ1) is 9.38. The topological polar surface area (TPSA) is 48.4 Å². The molecule has 100 valence electrons. The maximum atomic E-state index is 8.00. The summed E-state index contributed by atoms with van der Waals surface area (Å²) in [5.41, 5.74) is 1.14. The van der Waals surface area contributed by atoms with Crippen molar-refractivity contribution in [3.05, 3.63) is 54.2 Å². The zero-order valence-corrected chi connectivity index (χ0v) is 10.9. The first-order valence-corrected chi connectivity index (χ1v) is 5.93. The van der Waals surface area contributed by atoms with Crippen LogP contribution in [0.4, 0.5) is 0 Å². The molecule has 0 fully saturated rings. The lowest BCUT2D eigenvalue weighted by Crippen LogP contribution is -1.92. The summed E-state index contributed by atoms with van der Waals surface area (Å²) >= 11 is 0. The van der Waals surface area contributed by atoms with E-state index in [1.54, 1.807) is 6.20 Å². The van der Waals surface area contributed by atoms with E-state index < -0.39 is 0 Å². The molecule has 0 bridgehead atoms. The monoisotopic (exact) mass is 259 g/mol. The van der Waals surface area contributed by atoms with E-state index in [0.717, 1.165) is 17.9 Å². The Morgan fingerprint density at radius 3 is 2.42 bits per heavy atom. The van der Waals surface area contributed by atoms with Gasteiger partial charge in [-0.1, -0.05) is 18.2 Å². The molecule has 2 aromatic rings. The number of rotatable bonds is 5. The van der Waals surface area contributed by atoms with E-state index >= 15 is 0 Å². The van der Waals surface area contributed by atoms with Crippen LogP contribution >= 0.6 is 0 Å². The highest BCUT2D eigenvalue weighted by Gasteiger charge is 1.98. The number of pyridine rings is 1. The van der Waals surface area contributed by atoms with Gasteiger partial charge in [-0.05, 0) is 30.7 Å². The molecule has 2 rings (SSSR count). The standard InChI is InChI=1S/C14H15NO2.CH2O/c1-2-16-11-12-6-8-13(9-7-12)17-14-5-3-4-10-15-14;1-2/h3-10H,2,11H2,1H3;1H2. The summed E-state index contributed by atoms with van der Waals surface area (Å²) < 4.78 is 10.9. The van der Waals surface area contributed by atoms with E-state index in [1.807, 2.05) is 56.2 Å². The average molecular weight is 259 g/mol. The van der Waals surface area contributed by atoms with Crippen molar-refractivity contribution in [3.63, 3.8) is 0 Å². The van der Waals surface area contributed by atoms with E-state index in [0.29, 0.717) is 12.5 Å². The van der Waals surface area contributed by atoms with Crippen LogP contribution in [0.15, 0.2) is 48.7 Å². The van der Waals surface area contributed by atoms with Crippen LogP contribution in [0.25, 0.3) is 0 Å². The van der Waals surface area contributed by atoms with Crippen LogP contribution in [0.1, 0.15) is 12.5 Å². The van der Waals surface area contributed by atoms with Crippen LogP contribution < -0.4 is 4.74 Å². The fourth-order valence-electron chi connectivity index (χ4n) is 1.40. The van der Waals surface area contributed by atoms with Gasteiger partial charge in [0, 0.05) is 18.9 Å². The van der Waals surface area contributed by atoms with E-state index in [9.17, 15) is 0 Å². The number of carbonyl (C=O) groups excluding carboxylic acids is 1. The third-order valence-electron chi connectivity index (χ3n) is 2.26. The molecule has 1 heterocycles. The number of ether oxygens (including phenoxy) is 2. The van der Waals surface area contributed by atoms with E-state index in [1.165, 1.54) is 0 Å². The Bertz CT molecular complexity index is 457. The van der Waals surface area contributed by atoms with Gasteiger partial charge in [-0.15, -0.1) is 0 Å². The minimum atomic E-state index is 0.602. The number of nitrogens with zero attached hydrogens (tertiary/aromatic N) is 1. The highest BCUT2D eigenvalue weighted by Crippen LogP contribution is 2.19. The summed E-state index contributed by atoms with van der Waals surface area (Å²) in [4.78, 5) is 12.1. The number of benzene rings is 1. The van der Waals surface area contributed by atoms with Gasteiger partial charge in [0.1, 0.15) is 12.5 Å². The molecule has 0 aliphatic heterocycles. The van der Waals surface area contributed by atoms with E-state index in [-0.39, 0.29) is 0 Å². The van der Waals surface area contributed by atoms with E-state index in [2.05, 4.69) is 4.98 Å². The predicted octanol–water partition coefficient (Wildman–Crippen LogP) is 3.23. The Morgan fingerprint density at radius 2 is 1.84 bits per heavy atom. The number of aromatic nitrogens is 1.